The fraction of sp³-hybridized carbons (Fsp3) is 0.357. The summed E-state index contributed by atoms with van der Waals surface area (Å²) in [4.78, 5) is 0. The maximum atomic E-state index is 9.69. The van der Waals surface area contributed by atoms with E-state index in [0.29, 0.717) is 6.54 Å². The van der Waals surface area contributed by atoms with Crippen molar-refractivity contribution in [1.29, 1.82) is 0 Å². The molecule has 0 bridgehead atoms. The van der Waals surface area contributed by atoms with Crippen LogP contribution in [-0.2, 0) is 13.1 Å². The fourth-order valence-corrected chi connectivity index (χ4v) is 1.89. The zero-order valence-electron chi connectivity index (χ0n) is 10.8. The first kappa shape index (κ1) is 12.6. The molecule has 2 N–H and O–H groups in total. The van der Waals surface area contributed by atoms with Gasteiger partial charge in [0, 0.05) is 36.1 Å². The van der Waals surface area contributed by atoms with Crippen LogP contribution in [0.1, 0.15) is 31.1 Å². The third kappa shape index (κ3) is 2.90. The lowest BCUT2D eigenvalue weighted by atomic mass is 10.1. The summed E-state index contributed by atoms with van der Waals surface area (Å²) in [7, 11) is 0. The van der Waals surface area contributed by atoms with Crippen molar-refractivity contribution in [2.75, 3.05) is 5.32 Å². The Morgan fingerprint density at radius 1 is 1.39 bits per heavy atom. The van der Waals surface area contributed by atoms with Crippen molar-refractivity contribution in [3.05, 3.63) is 47.8 Å². The number of hydrogen-bond acceptors (Lipinski definition) is 3. The molecule has 0 spiro atoms. The first-order valence-corrected chi connectivity index (χ1v) is 6.23. The molecule has 0 radical (unpaired) electrons. The van der Waals surface area contributed by atoms with Crippen molar-refractivity contribution in [2.24, 2.45) is 0 Å². The van der Waals surface area contributed by atoms with Crippen LogP contribution in [0.2, 0.25) is 0 Å². The van der Waals surface area contributed by atoms with Gasteiger partial charge in [-0.05, 0) is 19.9 Å². The van der Waals surface area contributed by atoms with E-state index in [2.05, 4.69) is 17.3 Å². The van der Waals surface area contributed by atoms with Crippen molar-refractivity contribution in [3.8, 4) is 0 Å². The number of hydrogen-bond donors (Lipinski definition) is 2. The number of aryl methyl sites for hydroxylation is 1. The Morgan fingerprint density at radius 2 is 2.17 bits per heavy atom. The lowest BCUT2D eigenvalue weighted by Crippen LogP contribution is -2.03. The molecule has 0 aliphatic heterocycles. The number of anilines is 1. The molecule has 0 saturated heterocycles. The molecule has 0 saturated carbocycles. The van der Waals surface area contributed by atoms with Gasteiger partial charge < -0.3 is 10.4 Å². The number of para-hydroxylation sites is 1. The van der Waals surface area contributed by atoms with E-state index in [9.17, 15) is 5.11 Å². The third-order valence-corrected chi connectivity index (χ3v) is 2.90. The number of rotatable bonds is 5. The third-order valence-electron chi connectivity index (χ3n) is 2.90. The van der Waals surface area contributed by atoms with Crippen LogP contribution in [0.3, 0.4) is 0 Å². The molecule has 0 amide bonds. The molecule has 2 rings (SSSR count). The molecule has 0 aliphatic rings. The minimum absolute atomic E-state index is 0.466. The Balaban J connectivity index is 2.05. The molecule has 1 aromatic carbocycles. The maximum Gasteiger partial charge on any atom is 0.0781 e. The highest BCUT2D eigenvalue weighted by molar-refractivity contribution is 5.52. The van der Waals surface area contributed by atoms with E-state index in [-0.39, 0.29) is 0 Å². The van der Waals surface area contributed by atoms with Crippen LogP contribution in [0.5, 0.6) is 0 Å². The van der Waals surface area contributed by atoms with Gasteiger partial charge in [-0.25, -0.2) is 0 Å². The zero-order valence-corrected chi connectivity index (χ0v) is 10.8. The summed E-state index contributed by atoms with van der Waals surface area (Å²) in [6.07, 6.45) is 3.42. The van der Waals surface area contributed by atoms with Crippen LogP contribution in [0.4, 0.5) is 5.69 Å². The molecular formula is C14H19N3O. The maximum absolute atomic E-state index is 9.69. The van der Waals surface area contributed by atoms with Gasteiger partial charge in [0.15, 0.2) is 0 Å². The summed E-state index contributed by atoms with van der Waals surface area (Å²) in [5.74, 6) is 0. The average Bonchev–Trinajstić information content (AvgIpc) is 2.84. The summed E-state index contributed by atoms with van der Waals surface area (Å²) < 4.78 is 1.90. The topological polar surface area (TPSA) is 50.1 Å². The van der Waals surface area contributed by atoms with Gasteiger partial charge in [-0.2, -0.15) is 5.10 Å². The van der Waals surface area contributed by atoms with Gasteiger partial charge in [-0.15, -0.1) is 0 Å². The van der Waals surface area contributed by atoms with Crippen LogP contribution in [-0.4, -0.2) is 14.9 Å². The second kappa shape index (κ2) is 5.69. The fourth-order valence-electron chi connectivity index (χ4n) is 1.89. The molecule has 2 aromatic rings. The van der Waals surface area contributed by atoms with Crippen LogP contribution in [0.25, 0.3) is 0 Å². The Bertz CT molecular complexity index is 505. The largest absolute Gasteiger partial charge is 0.389 e. The van der Waals surface area contributed by atoms with Gasteiger partial charge in [0.05, 0.1) is 12.3 Å². The average molecular weight is 245 g/mol. The van der Waals surface area contributed by atoms with E-state index < -0.39 is 6.10 Å². The van der Waals surface area contributed by atoms with E-state index in [4.69, 9.17) is 0 Å². The minimum atomic E-state index is -0.466. The van der Waals surface area contributed by atoms with Crippen molar-refractivity contribution < 1.29 is 5.11 Å². The number of aliphatic hydroxyl groups is 1. The second-order valence-electron chi connectivity index (χ2n) is 4.32. The number of nitrogens with one attached hydrogen (secondary N) is 1. The molecule has 1 aromatic heterocycles. The minimum Gasteiger partial charge on any atom is -0.389 e. The summed E-state index contributed by atoms with van der Waals surface area (Å²) in [6, 6.07) is 7.81. The molecule has 96 valence electrons. The summed E-state index contributed by atoms with van der Waals surface area (Å²) in [6.45, 7) is 5.43. The Morgan fingerprint density at radius 3 is 2.83 bits per heavy atom. The van der Waals surface area contributed by atoms with Crippen LogP contribution < -0.4 is 5.32 Å². The Labute approximate surface area is 107 Å². The molecule has 1 atom stereocenters. The monoisotopic (exact) mass is 245 g/mol. The summed E-state index contributed by atoms with van der Waals surface area (Å²) in [5.41, 5.74) is 3.02. The van der Waals surface area contributed by atoms with E-state index in [1.165, 1.54) is 0 Å². The molecule has 1 unspecified atom stereocenters. The Hall–Kier alpha value is -1.81. The normalized spacial score (nSPS) is 12.4. The predicted molar refractivity (Wildman–Crippen MR) is 72.3 cm³/mol. The molecule has 0 fully saturated rings. The predicted octanol–water partition coefficient (Wildman–Crippen LogP) is 2.57. The van der Waals surface area contributed by atoms with Gasteiger partial charge in [0.2, 0.25) is 0 Å². The van der Waals surface area contributed by atoms with Gasteiger partial charge in [-0.3, -0.25) is 4.68 Å². The van der Waals surface area contributed by atoms with Crippen LogP contribution >= 0.6 is 0 Å². The number of aliphatic hydroxyl groups excluding tert-OH is 1. The van der Waals surface area contributed by atoms with E-state index >= 15 is 0 Å². The Kier molecular flexibility index (Phi) is 3.99. The van der Waals surface area contributed by atoms with Crippen LogP contribution in [0.15, 0.2) is 36.7 Å². The van der Waals surface area contributed by atoms with Crippen LogP contribution in [0, 0.1) is 0 Å². The quantitative estimate of drug-likeness (QED) is 0.851. The number of nitrogens with zero attached hydrogens (tertiary/aromatic N) is 2. The smallest absolute Gasteiger partial charge is 0.0781 e. The second-order valence-corrected chi connectivity index (χ2v) is 4.32. The standard InChI is InChI=1S/C14H19N3O/c1-3-17-10-12(9-16-17)8-15-14-7-5-4-6-13(14)11(2)18/h4-7,9-11,15,18H,3,8H2,1-2H3. The number of aromatic nitrogens is 2. The van der Waals surface area contributed by atoms with E-state index in [1.54, 1.807) is 6.92 Å². The highest BCUT2D eigenvalue weighted by Crippen LogP contribution is 2.22. The molecule has 1 heterocycles. The molecule has 0 aliphatic carbocycles. The van der Waals surface area contributed by atoms with Gasteiger partial charge in [0.25, 0.3) is 0 Å². The van der Waals surface area contributed by atoms with Gasteiger partial charge in [0.1, 0.15) is 0 Å². The first-order chi connectivity index (χ1) is 8.70. The van der Waals surface area contributed by atoms with Crippen molar-refractivity contribution in [1.82, 2.24) is 9.78 Å². The molecule has 4 nitrogen and oxygen atoms in total. The summed E-state index contributed by atoms with van der Waals surface area (Å²) in [5, 5.41) is 17.3. The SMILES string of the molecule is CCn1cc(CNc2ccccc2C(C)O)cn1. The first-order valence-electron chi connectivity index (χ1n) is 6.23. The molecule has 18 heavy (non-hydrogen) atoms. The van der Waals surface area contributed by atoms with Gasteiger partial charge in [-0.1, -0.05) is 18.2 Å². The van der Waals surface area contributed by atoms with Crippen molar-refractivity contribution in [2.45, 2.75) is 33.0 Å². The van der Waals surface area contributed by atoms with Crippen molar-refractivity contribution >= 4 is 5.69 Å². The van der Waals surface area contributed by atoms with E-state index in [1.807, 2.05) is 41.3 Å². The number of benzene rings is 1. The van der Waals surface area contributed by atoms with E-state index in [0.717, 1.165) is 23.4 Å². The highest BCUT2D eigenvalue weighted by Gasteiger charge is 2.06. The van der Waals surface area contributed by atoms with Gasteiger partial charge >= 0.3 is 0 Å². The van der Waals surface area contributed by atoms with Crippen molar-refractivity contribution in [3.63, 3.8) is 0 Å². The highest BCUT2D eigenvalue weighted by atomic mass is 16.3. The molecule has 4 heteroatoms. The lowest BCUT2D eigenvalue weighted by molar-refractivity contribution is 0.200. The summed E-state index contributed by atoms with van der Waals surface area (Å²) >= 11 is 0. The zero-order chi connectivity index (χ0) is 13.0. The lowest BCUT2D eigenvalue weighted by Gasteiger charge is -2.13. The molecular weight excluding hydrogens is 226 g/mol.